The zero-order valence-electron chi connectivity index (χ0n) is 16.3. The van der Waals surface area contributed by atoms with Gasteiger partial charge in [0.05, 0.1) is 0 Å². The minimum absolute atomic E-state index is 0.0288. The third kappa shape index (κ3) is 5.90. The first-order chi connectivity index (χ1) is 13.0. The standard InChI is InChI=1S/C16H26NO8Si.Rf/c1-20-15-9-8-14(17(18)19)13(16(15)21-2)12-25-10-6-7-11-26(22-3,23-4)24-5;/h8-9H,2,6-7,10-12H2,1,3-5H3;. The van der Waals surface area contributed by atoms with Gasteiger partial charge in [0, 0.05) is 21.3 Å². The van der Waals surface area contributed by atoms with E-state index in [4.69, 9.17) is 27.5 Å². The van der Waals surface area contributed by atoms with Crippen molar-refractivity contribution in [1.82, 2.24) is 0 Å². The van der Waals surface area contributed by atoms with Crippen molar-refractivity contribution in [1.29, 1.82) is 0 Å². The molecule has 0 aliphatic rings. The molecule has 9 nitrogen and oxygen atoms in total. The average Bonchev–Trinajstić information content (AvgIpc) is 2.68. The van der Waals surface area contributed by atoms with Crippen molar-refractivity contribution >= 4 is 14.5 Å². The van der Waals surface area contributed by atoms with Gasteiger partial charge in [-0.1, -0.05) is 0 Å². The topological polar surface area (TPSA) is 98.5 Å². The molecule has 0 atom stereocenters. The fourth-order valence-corrected chi connectivity index (χ4v) is 5.32. The molecule has 0 aliphatic heterocycles. The average molecular weight is 655 g/mol. The van der Waals surface area contributed by atoms with Crippen LogP contribution in [0.2, 0.25) is 6.04 Å². The molecule has 0 bridgehead atoms. The Morgan fingerprint density at radius 3 is 2.30 bits per heavy atom. The molecule has 0 spiro atoms. The van der Waals surface area contributed by atoms with E-state index in [9.17, 15) is 10.1 Å². The second kappa shape index (κ2) is 11.1. The van der Waals surface area contributed by atoms with Crippen LogP contribution in [0.1, 0.15) is 18.4 Å². The molecule has 0 radical (unpaired) electrons. The SMILES string of the molecule is COc1ccc([N+](=O)[O-])c(COCCCC[Si](OC)(OC)OC)c1O[CH2][Rf]. The van der Waals surface area contributed by atoms with Gasteiger partial charge in [-0.2, -0.15) is 0 Å². The van der Waals surface area contributed by atoms with Gasteiger partial charge in [0.15, 0.2) is 0 Å². The molecule has 0 aliphatic carbocycles. The number of benzene rings is 1. The Labute approximate surface area is 154 Å². The Morgan fingerprint density at radius 1 is 1.11 bits per heavy atom. The molecular weight excluding hydrogens is 629 g/mol. The van der Waals surface area contributed by atoms with Gasteiger partial charge >= 0.3 is 133 Å². The summed E-state index contributed by atoms with van der Waals surface area (Å²) in [4.78, 5) is 10.9. The first-order valence-corrected chi connectivity index (χ1v) is 14.9. The normalized spacial score (nSPS) is 11.5. The molecule has 0 amide bonds. The van der Waals surface area contributed by atoms with Gasteiger partial charge in [0.2, 0.25) is 0 Å². The van der Waals surface area contributed by atoms with Gasteiger partial charge in [-0.3, -0.25) is 0 Å². The van der Waals surface area contributed by atoms with E-state index in [1.54, 1.807) is 27.4 Å². The van der Waals surface area contributed by atoms with E-state index in [1.807, 2.05) is 0 Å². The summed E-state index contributed by atoms with van der Waals surface area (Å²) >= 11 is 0. The van der Waals surface area contributed by atoms with E-state index < -0.39 is 13.7 Å². The summed E-state index contributed by atoms with van der Waals surface area (Å²) in [6.07, 6.45) is 1.55. The molecule has 0 saturated carbocycles. The molecule has 0 N–H and O–H groups in total. The van der Waals surface area contributed by atoms with Crippen LogP contribution < -0.4 is 9.47 Å². The van der Waals surface area contributed by atoms with Crippen LogP contribution in [0.15, 0.2) is 12.1 Å². The van der Waals surface area contributed by atoms with Crippen LogP contribution in [-0.4, -0.2) is 55.9 Å². The Morgan fingerprint density at radius 2 is 1.78 bits per heavy atom. The number of hydrogen-bond acceptors (Lipinski definition) is 8. The van der Waals surface area contributed by atoms with E-state index >= 15 is 0 Å². The number of nitro groups is 1. The van der Waals surface area contributed by atoms with Crippen LogP contribution in [0.4, 0.5) is 5.69 Å². The number of hydrogen-bond donors (Lipinski definition) is 0. The van der Waals surface area contributed by atoms with E-state index in [2.05, 4.69) is 0 Å². The van der Waals surface area contributed by atoms with Crippen molar-refractivity contribution in [3.05, 3.63) is 27.8 Å². The van der Waals surface area contributed by atoms with Crippen molar-refractivity contribution in [3.63, 3.8) is 0 Å². The maximum absolute atomic E-state index is 11.4. The summed E-state index contributed by atoms with van der Waals surface area (Å²) < 4.78 is 33.0. The van der Waals surface area contributed by atoms with Crippen molar-refractivity contribution < 1.29 is 32.4 Å². The summed E-state index contributed by atoms with van der Waals surface area (Å²) in [7, 11) is 4.25. The first kappa shape index (κ1) is 22.3. The van der Waals surface area contributed by atoms with Crippen LogP contribution >= 0.6 is 0 Å². The third-order valence-corrected chi connectivity index (χ3v) is 7.82. The Kier molecular flexibility index (Phi) is 9.17. The molecule has 0 fully saturated rings. The van der Waals surface area contributed by atoms with Crippen LogP contribution in [0, 0.1) is 10.1 Å². The second-order valence-corrected chi connectivity index (χ2v) is 10.4. The quantitative estimate of drug-likeness (QED) is 0.131. The van der Waals surface area contributed by atoms with E-state index in [1.165, 1.54) is 13.2 Å². The zero-order valence-corrected chi connectivity index (χ0v) is 23.7. The van der Waals surface area contributed by atoms with Crippen molar-refractivity contribution in [2.24, 2.45) is 0 Å². The summed E-state index contributed by atoms with van der Waals surface area (Å²) in [5.74, 6) is 0.874. The summed E-state index contributed by atoms with van der Waals surface area (Å²) in [6, 6.07) is 3.64. The van der Waals surface area contributed by atoms with Gasteiger partial charge in [0.1, 0.15) is 0 Å². The predicted molar refractivity (Wildman–Crippen MR) is 95.6 cm³/mol. The third-order valence-electron chi connectivity index (χ3n) is 4.06. The molecule has 0 saturated heterocycles. The van der Waals surface area contributed by atoms with E-state index in [0.717, 1.165) is 12.8 Å². The van der Waals surface area contributed by atoms with Crippen LogP contribution in [0.3, 0.4) is 0 Å². The van der Waals surface area contributed by atoms with Crippen LogP contribution in [-0.2, 0) is 24.6 Å². The number of methoxy groups -OCH3 is 1. The van der Waals surface area contributed by atoms with Gasteiger partial charge in [-0.15, -0.1) is 0 Å². The number of nitro benzene ring substituents is 1. The van der Waals surface area contributed by atoms with Gasteiger partial charge in [-0.25, -0.2) is 0 Å². The van der Waals surface area contributed by atoms with Gasteiger partial charge in [-0.05, 0) is 0 Å². The molecule has 1 rings (SSSR count). The molecule has 27 heavy (non-hydrogen) atoms. The number of ether oxygens (including phenoxy) is 3. The van der Waals surface area contributed by atoms with E-state index in [0.29, 0.717) is 36.8 Å². The van der Waals surface area contributed by atoms with Crippen molar-refractivity contribution in [3.8, 4) is 11.5 Å². The molecule has 0 unspecified atom stereocenters. The maximum atomic E-state index is 11.4. The first-order valence-electron chi connectivity index (χ1n) is 8.48. The number of unbranched alkanes of at least 4 members (excludes halogenated alkanes) is 1. The Balaban J connectivity index is 2.69. The monoisotopic (exact) mass is 655 g/mol. The molecule has 149 valence electrons. The summed E-state index contributed by atoms with van der Waals surface area (Å²) in [5.41, 5.74) is 0.376. The summed E-state index contributed by atoms with van der Waals surface area (Å²) in [6.45, 7) is 0.528. The van der Waals surface area contributed by atoms with Gasteiger partial charge in [0.25, 0.3) is 0 Å². The zero-order chi connectivity index (χ0) is 20.3. The second-order valence-electron chi connectivity index (χ2n) is 5.51. The van der Waals surface area contributed by atoms with Crippen LogP contribution in [0.25, 0.3) is 0 Å². The molecule has 0 aromatic heterocycles. The van der Waals surface area contributed by atoms with E-state index in [-0.39, 0.29) is 12.3 Å². The van der Waals surface area contributed by atoms with Crippen molar-refractivity contribution in [2.75, 3.05) is 42.2 Å². The minimum atomic E-state index is -2.57. The number of rotatable bonds is 14. The Hall–Kier alpha value is -2.72. The molecular formula is C16H26NO8RfSi. The fraction of sp³-hybridized carbons (Fsp3) is 0.625. The molecule has 1 aromatic carbocycles. The Bertz CT molecular complexity index is 592. The molecule has 0 heterocycles. The predicted octanol–water partition coefficient (Wildman–Crippen LogP) is 2.66. The summed E-state index contributed by atoms with van der Waals surface area (Å²) in [5, 5.41) is 11.4. The fourth-order valence-electron chi connectivity index (χ4n) is 2.60. The molecule has 11 heteroatoms. The number of nitrogens with zero attached hydrogens (tertiary/aromatic N) is 1. The van der Waals surface area contributed by atoms with Gasteiger partial charge < -0.3 is 0 Å². The van der Waals surface area contributed by atoms with Crippen LogP contribution in [0.5, 0.6) is 11.5 Å². The van der Waals surface area contributed by atoms with Crippen molar-refractivity contribution in [2.45, 2.75) is 25.5 Å². The molecule has 1 aromatic rings.